The van der Waals surface area contributed by atoms with Crippen molar-refractivity contribution in [3.8, 4) is 0 Å². The summed E-state index contributed by atoms with van der Waals surface area (Å²) >= 11 is 5.70. The summed E-state index contributed by atoms with van der Waals surface area (Å²) in [5.41, 5.74) is 0.617. The van der Waals surface area contributed by atoms with Crippen LogP contribution in [-0.2, 0) is 0 Å². The molecule has 1 aromatic heterocycles. The highest BCUT2D eigenvalue weighted by atomic mass is 35.5. The Morgan fingerprint density at radius 2 is 2.00 bits per heavy atom. The molecule has 0 aliphatic carbocycles. The molecule has 1 atom stereocenters. The first-order valence-corrected chi connectivity index (χ1v) is 6.23. The van der Waals surface area contributed by atoms with Gasteiger partial charge in [0.2, 0.25) is 0 Å². The number of hydrogen-bond donors (Lipinski definition) is 1. The van der Waals surface area contributed by atoms with Crippen LogP contribution in [0.5, 0.6) is 0 Å². The number of benzene rings is 1. The first-order valence-electron chi connectivity index (χ1n) is 5.86. The van der Waals surface area contributed by atoms with Crippen LogP contribution in [0.4, 0.5) is 8.78 Å². The molecule has 0 bridgehead atoms. The lowest BCUT2D eigenvalue weighted by atomic mass is 10.1. The van der Waals surface area contributed by atoms with Gasteiger partial charge in [-0.3, -0.25) is 4.79 Å². The van der Waals surface area contributed by atoms with Crippen LogP contribution in [0.25, 0.3) is 0 Å². The molecule has 1 unspecified atom stereocenters. The molecular formula is C14H11ClF2N2O. The van der Waals surface area contributed by atoms with E-state index in [0.29, 0.717) is 5.56 Å². The number of nitrogens with one attached hydrogen (secondary N) is 1. The number of hydrogen-bond acceptors (Lipinski definition) is 2. The number of halogens is 3. The molecule has 2 aromatic rings. The van der Waals surface area contributed by atoms with Crippen molar-refractivity contribution < 1.29 is 13.6 Å². The van der Waals surface area contributed by atoms with Gasteiger partial charge in [0.15, 0.2) is 11.6 Å². The maximum Gasteiger partial charge on any atom is 0.270 e. The number of aromatic nitrogens is 1. The average molecular weight is 297 g/mol. The number of carbonyl (C=O) groups excluding carboxylic acids is 1. The number of nitrogens with zero attached hydrogens (tertiary/aromatic N) is 1. The maximum atomic E-state index is 13.1. The summed E-state index contributed by atoms with van der Waals surface area (Å²) in [6.07, 6.45) is 0. The Morgan fingerprint density at radius 3 is 2.65 bits per heavy atom. The van der Waals surface area contributed by atoms with E-state index in [1.807, 2.05) is 0 Å². The van der Waals surface area contributed by atoms with E-state index in [9.17, 15) is 13.6 Å². The number of pyridine rings is 1. The minimum Gasteiger partial charge on any atom is -0.344 e. The Morgan fingerprint density at radius 1 is 1.25 bits per heavy atom. The standard InChI is InChI=1S/C14H11ClF2N2O/c1-8(9-5-6-10(16)11(17)7-9)18-14(20)12-3-2-4-13(15)19-12/h2-8H,1H3,(H,18,20). The van der Waals surface area contributed by atoms with Gasteiger partial charge in [-0.05, 0) is 36.8 Å². The summed E-state index contributed by atoms with van der Waals surface area (Å²) in [4.78, 5) is 15.8. The van der Waals surface area contributed by atoms with Crippen molar-refractivity contribution in [2.45, 2.75) is 13.0 Å². The zero-order valence-corrected chi connectivity index (χ0v) is 11.3. The summed E-state index contributed by atoms with van der Waals surface area (Å²) in [6, 6.07) is 7.66. The monoisotopic (exact) mass is 296 g/mol. The molecule has 1 N–H and O–H groups in total. The summed E-state index contributed by atoms with van der Waals surface area (Å²) < 4.78 is 26.0. The third-order valence-electron chi connectivity index (χ3n) is 2.74. The second kappa shape index (κ2) is 5.96. The molecule has 20 heavy (non-hydrogen) atoms. The van der Waals surface area contributed by atoms with E-state index < -0.39 is 23.6 Å². The highest BCUT2D eigenvalue weighted by molar-refractivity contribution is 6.29. The molecule has 0 aliphatic heterocycles. The lowest BCUT2D eigenvalue weighted by Crippen LogP contribution is -2.27. The van der Waals surface area contributed by atoms with Gasteiger partial charge >= 0.3 is 0 Å². The minimum atomic E-state index is -0.954. The van der Waals surface area contributed by atoms with E-state index in [0.717, 1.165) is 12.1 Å². The Balaban J connectivity index is 2.13. The van der Waals surface area contributed by atoms with Gasteiger partial charge < -0.3 is 5.32 Å². The second-order valence-electron chi connectivity index (χ2n) is 4.21. The Bertz CT molecular complexity index is 649. The molecule has 0 fully saturated rings. The van der Waals surface area contributed by atoms with E-state index in [-0.39, 0.29) is 10.8 Å². The molecule has 104 valence electrons. The highest BCUT2D eigenvalue weighted by Gasteiger charge is 2.14. The zero-order chi connectivity index (χ0) is 14.7. The van der Waals surface area contributed by atoms with Crippen molar-refractivity contribution in [2.75, 3.05) is 0 Å². The quantitative estimate of drug-likeness (QED) is 0.881. The molecule has 1 amide bonds. The summed E-state index contributed by atoms with van der Waals surface area (Å²) in [5.74, 6) is -2.32. The van der Waals surface area contributed by atoms with E-state index >= 15 is 0 Å². The third kappa shape index (κ3) is 3.30. The van der Waals surface area contributed by atoms with Crippen molar-refractivity contribution in [1.29, 1.82) is 0 Å². The van der Waals surface area contributed by atoms with Crippen LogP contribution < -0.4 is 5.32 Å². The first-order chi connectivity index (χ1) is 9.47. The van der Waals surface area contributed by atoms with E-state index in [1.165, 1.54) is 12.1 Å². The summed E-state index contributed by atoms with van der Waals surface area (Å²) in [5, 5.41) is 2.84. The first kappa shape index (κ1) is 14.4. The topological polar surface area (TPSA) is 42.0 Å². The van der Waals surface area contributed by atoms with Crippen molar-refractivity contribution in [2.24, 2.45) is 0 Å². The van der Waals surface area contributed by atoms with Gasteiger partial charge in [-0.15, -0.1) is 0 Å². The minimum absolute atomic E-state index is 0.159. The van der Waals surface area contributed by atoms with Crippen molar-refractivity contribution in [3.05, 3.63) is 64.4 Å². The average Bonchev–Trinajstić information content (AvgIpc) is 2.41. The van der Waals surface area contributed by atoms with Crippen molar-refractivity contribution in [1.82, 2.24) is 10.3 Å². The van der Waals surface area contributed by atoms with Gasteiger partial charge in [-0.2, -0.15) is 0 Å². The molecule has 0 spiro atoms. The van der Waals surface area contributed by atoms with Crippen LogP contribution >= 0.6 is 11.6 Å². The third-order valence-corrected chi connectivity index (χ3v) is 2.95. The summed E-state index contributed by atoms with van der Waals surface area (Å²) in [7, 11) is 0. The van der Waals surface area contributed by atoms with Gasteiger partial charge in [0.25, 0.3) is 5.91 Å². The van der Waals surface area contributed by atoms with Crippen LogP contribution in [0.3, 0.4) is 0 Å². The van der Waals surface area contributed by atoms with Crippen molar-refractivity contribution in [3.63, 3.8) is 0 Å². The summed E-state index contributed by atoms with van der Waals surface area (Å²) in [6.45, 7) is 1.66. The number of amides is 1. The van der Waals surface area contributed by atoms with Gasteiger partial charge in [0.05, 0.1) is 6.04 Å². The molecule has 0 saturated carbocycles. The van der Waals surface area contributed by atoms with Gasteiger partial charge in [-0.25, -0.2) is 13.8 Å². The van der Waals surface area contributed by atoms with Gasteiger partial charge in [0.1, 0.15) is 10.8 Å². The van der Waals surface area contributed by atoms with E-state index in [2.05, 4.69) is 10.3 Å². The molecule has 6 heteroatoms. The predicted octanol–water partition coefficient (Wildman–Crippen LogP) is 3.50. The normalized spacial score (nSPS) is 12.0. The molecule has 1 aromatic carbocycles. The largest absolute Gasteiger partial charge is 0.344 e. The molecule has 0 radical (unpaired) electrons. The SMILES string of the molecule is CC(NC(=O)c1cccc(Cl)n1)c1ccc(F)c(F)c1. The Hall–Kier alpha value is -2.01. The smallest absolute Gasteiger partial charge is 0.270 e. The fourth-order valence-corrected chi connectivity index (χ4v) is 1.83. The van der Waals surface area contributed by atoms with Crippen molar-refractivity contribution >= 4 is 17.5 Å². The Kier molecular flexibility index (Phi) is 4.29. The van der Waals surface area contributed by atoms with Crippen LogP contribution in [0.2, 0.25) is 5.15 Å². The number of rotatable bonds is 3. The van der Waals surface area contributed by atoms with Crippen LogP contribution in [0, 0.1) is 11.6 Å². The number of carbonyl (C=O) groups is 1. The van der Waals surface area contributed by atoms with E-state index in [1.54, 1.807) is 19.1 Å². The van der Waals surface area contributed by atoms with Gasteiger partial charge in [0, 0.05) is 0 Å². The maximum absolute atomic E-state index is 13.1. The van der Waals surface area contributed by atoms with Crippen LogP contribution in [0.15, 0.2) is 36.4 Å². The molecule has 1 heterocycles. The van der Waals surface area contributed by atoms with E-state index in [4.69, 9.17) is 11.6 Å². The zero-order valence-electron chi connectivity index (χ0n) is 10.5. The fraction of sp³-hybridized carbons (Fsp3) is 0.143. The van der Waals surface area contributed by atoms with Gasteiger partial charge in [-0.1, -0.05) is 23.7 Å². The van der Waals surface area contributed by atoms with Crippen LogP contribution in [0.1, 0.15) is 29.0 Å². The highest BCUT2D eigenvalue weighted by Crippen LogP contribution is 2.16. The molecule has 3 nitrogen and oxygen atoms in total. The van der Waals surface area contributed by atoms with Crippen LogP contribution in [-0.4, -0.2) is 10.9 Å². The second-order valence-corrected chi connectivity index (χ2v) is 4.60. The lowest BCUT2D eigenvalue weighted by molar-refractivity contribution is 0.0935. The Labute approximate surface area is 119 Å². The molecular weight excluding hydrogens is 286 g/mol. The molecule has 0 saturated heterocycles. The fourth-order valence-electron chi connectivity index (χ4n) is 1.67. The predicted molar refractivity (Wildman–Crippen MR) is 71.5 cm³/mol. The lowest BCUT2D eigenvalue weighted by Gasteiger charge is -2.14. The molecule has 0 aliphatic rings. The molecule has 2 rings (SSSR count).